The first kappa shape index (κ1) is 22.4. The summed E-state index contributed by atoms with van der Waals surface area (Å²) in [5, 5.41) is 2.59. The normalized spacial score (nSPS) is 9.97. The summed E-state index contributed by atoms with van der Waals surface area (Å²) >= 11 is 0. The average molecular weight is 415 g/mol. The Morgan fingerprint density at radius 2 is 1.63 bits per heavy atom. The van der Waals surface area contributed by atoms with Gasteiger partial charge in [-0.3, -0.25) is 9.59 Å². The zero-order valence-corrected chi connectivity index (χ0v) is 16.7. The second-order valence-corrected chi connectivity index (χ2v) is 5.92. The van der Waals surface area contributed by atoms with Crippen molar-refractivity contribution in [2.24, 2.45) is 0 Å². The molecule has 2 aromatic rings. The summed E-state index contributed by atoms with van der Waals surface area (Å²) in [6, 6.07) is 9.35. The van der Waals surface area contributed by atoms with Crippen LogP contribution in [0.4, 0.5) is 0 Å². The van der Waals surface area contributed by atoms with E-state index < -0.39 is 24.5 Å². The highest BCUT2D eigenvalue weighted by molar-refractivity contribution is 6.02. The molecule has 0 saturated heterocycles. The van der Waals surface area contributed by atoms with Crippen molar-refractivity contribution in [2.45, 2.75) is 6.54 Å². The standard InChI is InChI=1S/C21H21NO8/c1-27-16-9-8-15(11-23)18(19(16)28-2)21(26)30-12-17(24)22-10-13-4-6-14(7-5-13)20(25)29-3/h4-9,11H,10,12H2,1-3H3,(H,22,24). The van der Waals surface area contributed by atoms with Gasteiger partial charge in [-0.1, -0.05) is 12.1 Å². The SMILES string of the molecule is COC(=O)c1ccc(CNC(=O)COC(=O)c2c(C=O)ccc(OC)c2OC)cc1. The van der Waals surface area contributed by atoms with Gasteiger partial charge in [0, 0.05) is 12.1 Å². The van der Waals surface area contributed by atoms with Crippen molar-refractivity contribution in [3.63, 3.8) is 0 Å². The maximum atomic E-state index is 12.4. The van der Waals surface area contributed by atoms with Gasteiger partial charge in [-0.25, -0.2) is 9.59 Å². The molecule has 9 heteroatoms. The summed E-state index contributed by atoms with van der Waals surface area (Å²) in [4.78, 5) is 47.1. The van der Waals surface area contributed by atoms with Gasteiger partial charge in [-0.15, -0.1) is 0 Å². The Morgan fingerprint density at radius 3 is 2.20 bits per heavy atom. The van der Waals surface area contributed by atoms with Crippen LogP contribution in [0.2, 0.25) is 0 Å². The molecule has 2 aromatic carbocycles. The fraction of sp³-hybridized carbons (Fsp3) is 0.238. The molecule has 0 aliphatic carbocycles. The smallest absolute Gasteiger partial charge is 0.343 e. The van der Waals surface area contributed by atoms with Crippen LogP contribution in [0.3, 0.4) is 0 Å². The monoisotopic (exact) mass is 415 g/mol. The molecule has 0 heterocycles. The molecule has 0 spiro atoms. The van der Waals surface area contributed by atoms with Crippen molar-refractivity contribution in [3.8, 4) is 11.5 Å². The number of hydrogen-bond donors (Lipinski definition) is 1. The lowest BCUT2D eigenvalue weighted by atomic mass is 10.1. The summed E-state index contributed by atoms with van der Waals surface area (Å²) in [5.74, 6) is -1.62. The highest BCUT2D eigenvalue weighted by atomic mass is 16.5. The highest BCUT2D eigenvalue weighted by Gasteiger charge is 2.23. The lowest BCUT2D eigenvalue weighted by Crippen LogP contribution is -2.28. The molecule has 0 saturated carbocycles. The quantitative estimate of drug-likeness (QED) is 0.486. The maximum Gasteiger partial charge on any atom is 0.343 e. The van der Waals surface area contributed by atoms with E-state index in [2.05, 4.69) is 10.1 Å². The molecule has 0 aromatic heterocycles. The van der Waals surface area contributed by atoms with Gasteiger partial charge in [-0.05, 0) is 29.8 Å². The minimum atomic E-state index is -0.898. The van der Waals surface area contributed by atoms with Crippen LogP contribution < -0.4 is 14.8 Å². The van der Waals surface area contributed by atoms with Crippen molar-refractivity contribution in [1.82, 2.24) is 5.32 Å². The highest BCUT2D eigenvalue weighted by Crippen LogP contribution is 2.33. The first-order chi connectivity index (χ1) is 14.4. The van der Waals surface area contributed by atoms with Gasteiger partial charge in [0.05, 0.1) is 26.9 Å². The van der Waals surface area contributed by atoms with E-state index in [-0.39, 0.29) is 29.2 Å². The Balaban J connectivity index is 1.97. The Kier molecular flexibility index (Phi) is 7.92. The fourth-order valence-corrected chi connectivity index (χ4v) is 2.58. The average Bonchev–Trinajstić information content (AvgIpc) is 2.79. The summed E-state index contributed by atoms with van der Waals surface area (Å²) < 4.78 is 19.9. The minimum absolute atomic E-state index is 0.0400. The van der Waals surface area contributed by atoms with E-state index in [1.807, 2.05) is 0 Å². The molecule has 2 rings (SSSR count). The number of benzene rings is 2. The molecule has 1 amide bonds. The lowest BCUT2D eigenvalue weighted by molar-refractivity contribution is -0.124. The molecular weight excluding hydrogens is 394 g/mol. The predicted octanol–water partition coefficient (Wildman–Crippen LogP) is 1.78. The van der Waals surface area contributed by atoms with Gasteiger partial charge < -0.3 is 24.3 Å². The predicted molar refractivity (Wildman–Crippen MR) is 105 cm³/mol. The van der Waals surface area contributed by atoms with Crippen LogP contribution in [0.25, 0.3) is 0 Å². The molecule has 158 valence electrons. The van der Waals surface area contributed by atoms with E-state index in [4.69, 9.17) is 14.2 Å². The van der Waals surface area contributed by atoms with Crippen LogP contribution in [0, 0.1) is 0 Å². The van der Waals surface area contributed by atoms with Crippen molar-refractivity contribution >= 4 is 24.1 Å². The third kappa shape index (κ3) is 5.34. The first-order valence-electron chi connectivity index (χ1n) is 8.76. The summed E-state index contributed by atoms with van der Waals surface area (Å²) in [6.45, 7) is -0.391. The first-order valence-corrected chi connectivity index (χ1v) is 8.76. The molecule has 30 heavy (non-hydrogen) atoms. The zero-order chi connectivity index (χ0) is 22.1. The topological polar surface area (TPSA) is 117 Å². The van der Waals surface area contributed by atoms with Gasteiger partial charge in [0.15, 0.2) is 24.4 Å². The fourth-order valence-electron chi connectivity index (χ4n) is 2.58. The van der Waals surface area contributed by atoms with E-state index in [0.29, 0.717) is 11.8 Å². The van der Waals surface area contributed by atoms with Gasteiger partial charge in [0.25, 0.3) is 5.91 Å². The van der Waals surface area contributed by atoms with Crippen LogP contribution in [-0.4, -0.2) is 52.1 Å². The van der Waals surface area contributed by atoms with Crippen molar-refractivity contribution in [2.75, 3.05) is 27.9 Å². The molecule has 0 bridgehead atoms. The Labute approximate surface area is 172 Å². The Hall–Kier alpha value is -3.88. The number of carbonyl (C=O) groups excluding carboxylic acids is 4. The third-order valence-corrected chi connectivity index (χ3v) is 4.11. The second kappa shape index (κ2) is 10.6. The number of methoxy groups -OCH3 is 3. The molecule has 0 unspecified atom stereocenters. The number of amides is 1. The van der Waals surface area contributed by atoms with Gasteiger partial charge >= 0.3 is 11.9 Å². The minimum Gasteiger partial charge on any atom is -0.493 e. The molecule has 1 N–H and O–H groups in total. The molecule has 0 atom stereocenters. The van der Waals surface area contributed by atoms with Gasteiger partial charge in [0.2, 0.25) is 0 Å². The number of hydrogen-bond acceptors (Lipinski definition) is 8. The molecule has 0 aliphatic rings. The Morgan fingerprint density at radius 1 is 0.933 bits per heavy atom. The van der Waals surface area contributed by atoms with E-state index in [9.17, 15) is 19.2 Å². The summed E-state index contributed by atoms with van der Waals surface area (Å²) in [7, 11) is 4.00. The second-order valence-electron chi connectivity index (χ2n) is 5.92. The van der Waals surface area contributed by atoms with Crippen LogP contribution in [0.15, 0.2) is 36.4 Å². The van der Waals surface area contributed by atoms with Crippen molar-refractivity contribution < 1.29 is 38.1 Å². The van der Waals surface area contributed by atoms with Crippen molar-refractivity contribution in [1.29, 1.82) is 0 Å². The number of esters is 2. The summed E-state index contributed by atoms with van der Waals surface area (Å²) in [5.41, 5.74) is 1.04. The van der Waals surface area contributed by atoms with E-state index in [1.54, 1.807) is 24.3 Å². The third-order valence-electron chi connectivity index (χ3n) is 4.11. The molecular formula is C21H21NO8. The van der Waals surface area contributed by atoms with Crippen LogP contribution in [-0.2, 0) is 20.8 Å². The largest absolute Gasteiger partial charge is 0.493 e. The number of nitrogens with one attached hydrogen (secondary N) is 1. The number of carbonyl (C=O) groups is 4. The number of rotatable bonds is 9. The van der Waals surface area contributed by atoms with E-state index in [1.165, 1.54) is 33.5 Å². The summed E-state index contributed by atoms with van der Waals surface area (Å²) in [6.07, 6.45) is 0.483. The van der Waals surface area contributed by atoms with Crippen LogP contribution >= 0.6 is 0 Å². The van der Waals surface area contributed by atoms with Crippen LogP contribution in [0.1, 0.15) is 36.6 Å². The van der Waals surface area contributed by atoms with Crippen LogP contribution in [0.5, 0.6) is 11.5 Å². The van der Waals surface area contributed by atoms with E-state index >= 15 is 0 Å². The number of aldehydes is 1. The van der Waals surface area contributed by atoms with Gasteiger partial charge in [-0.2, -0.15) is 0 Å². The van der Waals surface area contributed by atoms with Gasteiger partial charge in [0.1, 0.15) is 5.56 Å². The zero-order valence-electron chi connectivity index (χ0n) is 16.7. The number of ether oxygens (including phenoxy) is 4. The van der Waals surface area contributed by atoms with Crippen molar-refractivity contribution in [3.05, 3.63) is 58.7 Å². The maximum absolute atomic E-state index is 12.4. The molecule has 0 fully saturated rings. The molecule has 9 nitrogen and oxygen atoms in total. The molecule has 0 aliphatic heterocycles. The van der Waals surface area contributed by atoms with E-state index in [0.717, 1.165) is 5.56 Å². The molecule has 0 radical (unpaired) electrons. The Bertz CT molecular complexity index is 937. The lowest BCUT2D eigenvalue weighted by Gasteiger charge is -2.14.